The molecule has 0 atom stereocenters. The van der Waals surface area contributed by atoms with Crippen molar-refractivity contribution < 1.29 is 23.2 Å². The zero-order valence-corrected chi connectivity index (χ0v) is 14.3. The van der Waals surface area contributed by atoms with Crippen LogP contribution >= 0.6 is 0 Å². The molecule has 0 unspecified atom stereocenters. The molecule has 8 heteroatoms. The molecule has 0 N–H and O–H groups in total. The van der Waals surface area contributed by atoms with Gasteiger partial charge >= 0.3 is 0 Å². The van der Waals surface area contributed by atoms with E-state index in [2.05, 4.69) is 10.1 Å². The third-order valence-corrected chi connectivity index (χ3v) is 5.12. The van der Waals surface area contributed by atoms with E-state index in [4.69, 9.17) is 9.26 Å². The molecule has 0 bridgehead atoms. The maximum Gasteiger partial charge on any atom is 0.247 e. The van der Waals surface area contributed by atoms with E-state index < -0.39 is 5.41 Å². The van der Waals surface area contributed by atoms with Gasteiger partial charge in [0.25, 0.3) is 0 Å². The third kappa shape index (κ3) is 2.80. The number of hydrogen-bond donors (Lipinski definition) is 0. The van der Waals surface area contributed by atoms with Crippen molar-refractivity contribution in [2.24, 2.45) is 5.41 Å². The molecule has 0 radical (unpaired) electrons. The Hall–Kier alpha value is -2.61. The fraction of sp³-hybridized carbons (Fsp3) is 0.444. The van der Waals surface area contributed by atoms with Gasteiger partial charge in [0.15, 0.2) is 0 Å². The Morgan fingerprint density at radius 1 is 1.27 bits per heavy atom. The number of hydrogen-bond acceptors (Lipinski definition) is 6. The predicted octanol–water partition coefficient (Wildman–Crippen LogP) is 2.24. The third-order valence-electron chi connectivity index (χ3n) is 5.12. The maximum atomic E-state index is 13.4. The van der Waals surface area contributed by atoms with Crippen LogP contribution in [0.5, 0.6) is 0 Å². The number of imide groups is 1. The highest BCUT2D eigenvalue weighted by Crippen LogP contribution is 2.42. The van der Waals surface area contributed by atoms with E-state index in [1.54, 1.807) is 19.1 Å². The van der Waals surface area contributed by atoms with Gasteiger partial charge < -0.3 is 9.26 Å². The summed E-state index contributed by atoms with van der Waals surface area (Å²) < 4.78 is 23.9. The van der Waals surface area contributed by atoms with Gasteiger partial charge in [-0.25, -0.2) is 4.39 Å². The summed E-state index contributed by atoms with van der Waals surface area (Å²) in [5, 5.41) is 3.88. The molecule has 2 aromatic rings. The van der Waals surface area contributed by atoms with Crippen LogP contribution in [0.15, 0.2) is 22.7 Å². The van der Waals surface area contributed by atoms with Crippen LogP contribution in [0.2, 0.25) is 0 Å². The molecule has 4 rings (SSSR count). The van der Waals surface area contributed by atoms with Crippen molar-refractivity contribution in [1.29, 1.82) is 0 Å². The smallest absolute Gasteiger partial charge is 0.247 e. The quantitative estimate of drug-likeness (QED) is 0.782. The second kappa shape index (κ2) is 6.28. The van der Waals surface area contributed by atoms with Gasteiger partial charge in [-0.05, 0) is 43.5 Å². The molecular formula is C18H18FN3O4. The molecule has 0 saturated carbocycles. The van der Waals surface area contributed by atoms with E-state index in [9.17, 15) is 14.0 Å². The number of halogens is 1. The Labute approximate surface area is 149 Å². The zero-order valence-electron chi connectivity index (χ0n) is 14.3. The van der Waals surface area contributed by atoms with E-state index in [-0.39, 0.29) is 36.5 Å². The Morgan fingerprint density at radius 3 is 2.77 bits per heavy atom. The Balaban J connectivity index is 1.53. The molecule has 2 aliphatic rings. The Morgan fingerprint density at radius 2 is 2.04 bits per heavy atom. The average Bonchev–Trinajstić information content (AvgIpc) is 3.18. The van der Waals surface area contributed by atoms with Crippen LogP contribution in [0, 0.1) is 18.2 Å². The molecule has 7 nitrogen and oxygen atoms in total. The number of ether oxygens (including phenoxy) is 1. The van der Waals surface area contributed by atoms with Gasteiger partial charge in [-0.3, -0.25) is 14.5 Å². The van der Waals surface area contributed by atoms with Gasteiger partial charge in [-0.1, -0.05) is 5.16 Å². The van der Waals surface area contributed by atoms with Crippen molar-refractivity contribution in [2.45, 2.75) is 32.7 Å². The molecule has 1 aromatic heterocycles. The minimum absolute atomic E-state index is 0.0482. The van der Waals surface area contributed by atoms with E-state index in [1.165, 1.54) is 11.0 Å². The first-order valence-electron chi connectivity index (χ1n) is 8.50. The van der Waals surface area contributed by atoms with Crippen molar-refractivity contribution in [1.82, 2.24) is 15.0 Å². The summed E-state index contributed by atoms with van der Waals surface area (Å²) in [5.41, 5.74) is 0.436. The first kappa shape index (κ1) is 16.8. The number of aromatic nitrogens is 2. The molecule has 1 spiro atoms. The first-order valence-corrected chi connectivity index (χ1v) is 8.50. The van der Waals surface area contributed by atoms with Crippen LogP contribution in [0.4, 0.5) is 4.39 Å². The van der Waals surface area contributed by atoms with Crippen molar-refractivity contribution >= 4 is 11.8 Å². The largest absolute Gasteiger partial charge is 0.381 e. The number of carbonyl (C=O) groups excluding carboxylic acids is 2. The van der Waals surface area contributed by atoms with Crippen LogP contribution in [0.1, 0.15) is 30.7 Å². The summed E-state index contributed by atoms with van der Waals surface area (Å²) in [7, 11) is 0. The summed E-state index contributed by atoms with van der Waals surface area (Å²) >= 11 is 0. The normalized spacial score (nSPS) is 19.5. The molecule has 2 amide bonds. The topological polar surface area (TPSA) is 85.5 Å². The van der Waals surface area contributed by atoms with Gasteiger partial charge in [-0.15, -0.1) is 0 Å². The minimum Gasteiger partial charge on any atom is -0.381 e. The lowest BCUT2D eigenvalue weighted by molar-refractivity contribution is -0.145. The van der Waals surface area contributed by atoms with Gasteiger partial charge in [-0.2, -0.15) is 4.98 Å². The first-order chi connectivity index (χ1) is 12.5. The van der Waals surface area contributed by atoms with Gasteiger partial charge in [0.05, 0.1) is 5.41 Å². The summed E-state index contributed by atoms with van der Waals surface area (Å²) in [4.78, 5) is 30.6. The average molecular weight is 359 g/mol. The molecule has 136 valence electrons. The minimum atomic E-state index is -0.647. The van der Waals surface area contributed by atoms with E-state index >= 15 is 0 Å². The number of aryl methyl sites for hydroxylation is 1. The van der Waals surface area contributed by atoms with Gasteiger partial charge in [0.1, 0.15) is 12.4 Å². The van der Waals surface area contributed by atoms with Crippen LogP contribution in [-0.2, 0) is 20.9 Å². The zero-order chi connectivity index (χ0) is 18.3. The fourth-order valence-electron chi connectivity index (χ4n) is 3.53. The van der Waals surface area contributed by atoms with Crippen LogP contribution in [0.3, 0.4) is 0 Å². The summed E-state index contributed by atoms with van der Waals surface area (Å²) in [6, 6.07) is 4.51. The molecule has 1 aromatic carbocycles. The number of carbonyl (C=O) groups is 2. The summed E-state index contributed by atoms with van der Waals surface area (Å²) in [5.74, 6) is -0.263. The Bertz CT molecular complexity index is 873. The van der Waals surface area contributed by atoms with E-state index in [1.807, 2.05) is 0 Å². The second-order valence-electron chi connectivity index (χ2n) is 6.83. The highest BCUT2D eigenvalue weighted by molar-refractivity contribution is 6.05. The van der Waals surface area contributed by atoms with Crippen LogP contribution < -0.4 is 0 Å². The highest BCUT2D eigenvalue weighted by Gasteiger charge is 2.52. The lowest BCUT2D eigenvalue weighted by Gasteiger charge is -2.30. The molecule has 2 aliphatic heterocycles. The molecule has 2 fully saturated rings. The number of benzene rings is 1. The fourth-order valence-corrected chi connectivity index (χ4v) is 3.53. The standard InChI is InChI=1S/C18H18FN3O4/c1-11-8-12(2-3-13(11)19)16-20-14(26-21-16)10-22-15(23)9-18(17(22)24)4-6-25-7-5-18/h2-3,8H,4-7,9-10H2,1H3. The number of likely N-dealkylation sites (tertiary alicyclic amines) is 1. The van der Waals surface area contributed by atoms with Crippen molar-refractivity contribution in [3.63, 3.8) is 0 Å². The molecule has 0 aliphatic carbocycles. The van der Waals surface area contributed by atoms with Crippen molar-refractivity contribution in [2.75, 3.05) is 13.2 Å². The number of rotatable bonds is 3. The molecular weight excluding hydrogens is 341 g/mol. The Kier molecular flexibility index (Phi) is 4.07. The lowest BCUT2D eigenvalue weighted by atomic mass is 9.79. The summed E-state index contributed by atoms with van der Waals surface area (Å²) in [6.45, 7) is 2.57. The van der Waals surface area contributed by atoms with Crippen LogP contribution in [0.25, 0.3) is 11.4 Å². The van der Waals surface area contributed by atoms with Gasteiger partial charge in [0.2, 0.25) is 23.5 Å². The summed E-state index contributed by atoms with van der Waals surface area (Å²) in [6.07, 6.45) is 1.31. The number of amides is 2. The molecule has 2 saturated heterocycles. The van der Waals surface area contributed by atoms with Crippen molar-refractivity contribution in [3.05, 3.63) is 35.5 Å². The molecule has 3 heterocycles. The lowest BCUT2D eigenvalue weighted by Crippen LogP contribution is -2.38. The predicted molar refractivity (Wildman–Crippen MR) is 87.1 cm³/mol. The number of nitrogens with zero attached hydrogens (tertiary/aromatic N) is 3. The van der Waals surface area contributed by atoms with Gasteiger partial charge in [0, 0.05) is 25.2 Å². The maximum absolute atomic E-state index is 13.4. The highest BCUT2D eigenvalue weighted by atomic mass is 19.1. The van der Waals surface area contributed by atoms with E-state index in [0.717, 1.165) is 0 Å². The molecule has 26 heavy (non-hydrogen) atoms. The van der Waals surface area contributed by atoms with Crippen molar-refractivity contribution in [3.8, 4) is 11.4 Å². The van der Waals surface area contributed by atoms with E-state index in [0.29, 0.717) is 43.0 Å². The van der Waals surface area contributed by atoms with Crippen LogP contribution in [-0.4, -0.2) is 40.1 Å². The SMILES string of the molecule is Cc1cc(-c2noc(CN3C(=O)CC4(CCOCC4)C3=O)n2)ccc1F. The second-order valence-corrected chi connectivity index (χ2v) is 6.83. The monoisotopic (exact) mass is 359 g/mol.